The number of thiazole rings is 1. The molecule has 0 N–H and O–H groups in total. The lowest BCUT2D eigenvalue weighted by Crippen LogP contribution is -2.49. The number of rotatable bonds is 5. The van der Waals surface area contributed by atoms with Gasteiger partial charge < -0.3 is 0 Å². The van der Waals surface area contributed by atoms with Crippen molar-refractivity contribution in [2.24, 2.45) is 0 Å². The van der Waals surface area contributed by atoms with E-state index in [0.29, 0.717) is 31.7 Å². The molecule has 6 nitrogen and oxygen atoms in total. The average molecular weight is 430 g/mol. The number of fused-ring (bicyclic) bond motifs is 1. The lowest BCUT2D eigenvalue weighted by Gasteiger charge is -2.36. The van der Waals surface area contributed by atoms with Gasteiger partial charge in [-0.1, -0.05) is 24.3 Å². The predicted octanol–water partition coefficient (Wildman–Crippen LogP) is 3.57. The van der Waals surface area contributed by atoms with Crippen LogP contribution in [-0.4, -0.2) is 54.6 Å². The monoisotopic (exact) mass is 429 g/mol. The summed E-state index contributed by atoms with van der Waals surface area (Å²) in [4.78, 5) is 18.8. The summed E-state index contributed by atoms with van der Waals surface area (Å²) in [6.45, 7) is 5.68. The van der Waals surface area contributed by atoms with E-state index in [0.717, 1.165) is 10.5 Å². The first-order valence-electron chi connectivity index (χ1n) is 9.57. The highest BCUT2D eigenvalue weighted by Crippen LogP contribution is 2.30. The van der Waals surface area contributed by atoms with E-state index in [9.17, 15) is 13.2 Å². The van der Waals surface area contributed by atoms with Crippen molar-refractivity contribution in [2.45, 2.75) is 24.8 Å². The summed E-state index contributed by atoms with van der Waals surface area (Å²) in [6.07, 6.45) is 0. The van der Waals surface area contributed by atoms with Gasteiger partial charge in [0.1, 0.15) is 5.01 Å². The topological polar surface area (TPSA) is 70.6 Å². The minimum absolute atomic E-state index is 0.137. The van der Waals surface area contributed by atoms with Crippen LogP contribution in [0.3, 0.4) is 0 Å². The molecule has 0 aliphatic carbocycles. The van der Waals surface area contributed by atoms with Crippen molar-refractivity contribution < 1.29 is 13.2 Å². The molecule has 1 fully saturated rings. The number of ketones is 1. The highest BCUT2D eigenvalue weighted by Gasteiger charge is 2.31. The van der Waals surface area contributed by atoms with E-state index < -0.39 is 10.0 Å². The van der Waals surface area contributed by atoms with Crippen LogP contribution in [0.25, 0.3) is 10.2 Å². The summed E-state index contributed by atoms with van der Waals surface area (Å²) in [6, 6.07) is 14.5. The van der Waals surface area contributed by atoms with Crippen molar-refractivity contribution in [3.63, 3.8) is 0 Å². The number of piperazine rings is 1. The van der Waals surface area contributed by atoms with Crippen LogP contribution in [-0.2, 0) is 10.0 Å². The van der Waals surface area contributed by atoms with Crippen LogP contribution in [0, 0.1) is 0 Å². The van der Waals surface area contributed by atoms with Gasteiger partial charge in [0, 0.05) is 31.7 Å². The van der Waals surface area contributed by atoms with Gasteiger partial charge in [-0.25, -0.2) is 13.4 Å². The van der Waals surface area contributed by atoms with E-state index in [1.807, 2.05) is 18.2 Å². The summed E-state index contributed by atoms with van der Waals surface area (Å²) in [5, 5.41) is 1.05. The maximum absolute atomic E-state index is 13.0. The van der Waals surface area contributed by atoms with E-state index in [-0.39, 0.29) is 16.7 Å². The molecule has 0 bridgehead atoms. The maximum Gasteiger partial charge on any atom is 0.243 e. The lowest BCUT2D eigenvalue weighted by molar-refractivity contribution is 0.101. The van der Waals surface area contributed by atoms with Gasteiger partial charge in [-0.2, -0.15) is 4.31 Å². The fourth-order valence-corrected chi connectivity index (χ4v) is 6.10. The van der Waals surface area contributed by atoms with Crippen LogP contribution in [0.2, 0.25) is 0 Å². The third kappa shape index (κ3) is 3.98. The number of benzene rings is 2. The van der Waals surface area contributed by atoms with Crippen molar-refractivity contribution in [3.8, 4) is 0 Å². The van der Waals surface area contributed by atoms with Crippen LogP contribution >= 0.6 is 11.3 Å². The molecule has 1 unspecified atom stereocenters. The Kier molecular flexibility index (Phi) is 5.52. The summed E-state index contributed by atoms with van der Waals surface area (Å²) in [5.41, 5.74) is 1.42. The number of hydrogen-bond acceptors (Lipinski definition) is 6. The molecule has 8 heteroatoms. The van der Waals surface area contributed by atoms with Gasteiger partial charge >= 0.3 is 0 Å². The Bertz CT molecular complexity index is 1120. The van der Waals surface area contributed by atoms with E-state index in [1.165, 1.54) is 22.0 Å². The summed E-state index contributed by atoms with van der Waals surface area (Å²) < 4.78 is 28.7. The molecule has 0 saturated carbocycles. The van der Waals surface area contributed by atoms with Gasteiger partial charge in [0.25, 0.3) is 0 Å². The fourth-order valence-electron chi connectivity index (χ4n) is 3.58. The second-order valence-electron chi connectivity index (χ2n) is 7.22. The van der Waals surface area contributed by atoms with E-state index in [2.05, 4.69) is 17.9 Å². The van der Waals surface area contributed by atoms with Gasteiger partial charge in [-0.3, -0.25) is 9.69 Å². The largest absolute Gasteiger partial charge is 0.295 e. The van der Waals surface area contributed by atoms with E-state index in [1.54, 1.807) is 29.5 Å². The van der Waals surface area contributed by atoms with Gasteiger partial charge in [0.15, 0.2) is 5.78 Å². The number of nitrogens with zero attached hydrogens (tertiary/aromatic N) is 3. The van der Waals surface area contributed by atoms with Crippen LogP contribution < -0.4 is 0 Å². The Balaban J connectivity index is 1.47. The van der Waals surface area contributed by atoms with Gasteiger partial charge in [0.2, 0.25) is 10.0 Å². The Labute approximate surface area is 174 Å². The highest BCUT2D eigenvalue weighted by molar-refractivity contribution is 7.89. The van der Waals surface area contributed by atoms with Gasteiger partial charge in [-0.15, -0.1) is 11.3 Å². The van der Waals surface area contributed by atoms with Crippen LogP contribution in [0.1, 0.15) is 35.3 Å². The van der Waals surface area contributed by atoms with E-state index in [4.69, 9.17) is 4.98 Å². The molecule has 1 aliphatic heterocycles. The zero-order valence-electron chi connectivity index (χ0n) is 16.4. The number of aromatic nitrogens is 1. The Hall–Kier alpha value is -2.13. The molecule has 0 radical (unpaired) electrons. The second kappa shape index (κ2) is 7.95. The number of Topliss-reactive ketones (excluding diaryl/α,β-unsaturated/α-hetero) is 1. The normalized spacial score (nSPS) is 17.4. The fraction of sp³-hybridized carbons (Fsp3) is 0.333. The van der Waals surface area contributed by atoms with Crippen LogP contribution in [0.15, 0.2) is 53.4 Å². The number of para-hydroxylation sites is 1. The smallest absolute Gasteiger partial charge is 0.243 e. The standard InChI is InChI=1S/C21H23N3O3S2/c1-15(21-22-19-8-3-4-9-20(19)28-21)23-10-12-24(13-11-23)29(26,27)18-7-5-6-17(14-18)16(2)25/h3-9,14-15H,10-13H2,1-2H3. The molecule has 1 aliphatic rings. The molecule has 3 aromatic rings. The summed E-state index contributed by atoms with van der Waals surface area (Å²) in [5.74, 6) is -0.142. The zero-order valence-corrected chi connectivity index (χ0v) is 18.0. The summed E-state index contributed by atoms with van der Waals surface area (Å²) >= 11 is 1.69. The van der Waals surface area contributed by atoms with Crippen molar-refractivity contribution >= 4 is 37.4 Å². The molecule has 29 heavy (non-hydrogen) atoms. The molecule has 1 atom stereocenters. The minimum atomic E-state index is -3.61. The highest BCUT2D eigenvalue weighted by atomic mass is 32.2. The first kappa shape index (κ1) is 20.2. The van der Waals surface area contributed by atoms with Gasteiger partial charge in [-0.05, 0) is 38.1 Å². The molecule has 152 valence electrons. The van der Waals surface area contributed by atoms with Crippen LogP contribution in [0.5, 0.6) is 0 Å². The molecule has 0 spiro atoms. The molecular formula is C21H23N3O3S2. The molecule has 2 heterocycles. The first-order valence-corrected chi connectivity index (χ1v) is 11.8. The lowest BCUT2D eigenvalue weighted by atomic mass is 10.2. The van der Waals surface area contributed by atoms with Crippen molar-refractivity contribution in [1.29, 1.82) is 0 Å². The number of sulfonamides is 1. The number of carbonyl (C=O) groups excluding carboxylic acids is 1. The Morgan fingerprint density at radius 3 is 2.48 bits per heavy atom. The Morgan fingerprint density at radius 1 is 1.07 bits per heavy atom. The molecule has 2 aromatic carbocycles. The van der Waals surface area contributed by atoms with E-state index >= 15 is 0 Å². The van der Waals surface area contributed by atoms with Crippen molar-refractivity contribution in [2.75, 3.05) is 26.2 Å². The Morgan fingerprint density at radius 2 is 1.79 bits per heavy atom. The van der Waals surface area contributed by atoms with Crippen molar-refractivity contribution in [1.82, 2.24) is 14.2 Å². The molecule has 1 aromatic heterocycles. The SMILES string of the molecule is CC(=O)c1cccc(S(=O)(=O)N2CCN(C(C)c3nc4ccccc4s3)CC2)c1. The molecule has 1 saturated heterocycles. The number of hydrogen-bond donors (Lipinski definition) is 0. The van der Waals surface area contributed by atoms with Gasteiger partial charge in [0.05, 0.1) is 21.2 Å². The third-order valence-corrected chi connectivity index (χ3v) is 8.47. The second-order valence-corrected chi connectivity index (χ2v) is 10.2. The maximum atomic E-state index is 13.0. The third-order valence-electron chi connectivity index (χ3n) is 5.37. The molecule has 4 rings (SSSR count). The van der Waals surface area contributed by atoms with Crippen molar-refractivity contribution in [3.05, 3.63) is 59.1 Å². The molecular weight excluding hydrogens is 406 g/mol. The minimum Gasteiger partial charge on any atom is -0.295 e. The zero-order chi connectivity index (χ0) is 20.6. The first-order chi connectivity index (χ1) is 13.9. The number of carbonyl (C=O) groups is 1. The summed E-state index contributed by atoms with van der Waals surface area (Å²) in [7, 11) is -3.61. The molecule has 0 amide bonds. The average Bonchev–Trinajstić information content (AvgIpc) is 3.17. The van der Waals surface area contributed by atoms with Crippen LogP contribution in [0.4, 0.5) is 0 Å². The quantitative estimate of drug-likeness (QED) is 0.580. The predicted molar refractivity (Wildman–Crippen MR) is 115 cm³/mol.